The molecule has 0 N–H and O–H groups in total. The molecule has 0 aliphatic carbocycles. The molecule has 0 saturated heterocycles. The van der Waals surface area contributed by atoms with E-state index < -0.39 is 0 Å². The minimum absolute atomic E-state index is 0.412. The van der Waals surface area contributed by atoms with Crippen LogP contribution >= 0.6 is 0 Å². The van der Waals surface area contributed by atoms with E-state index in [9.17, 15) is 9.59 Å². The van der Waals surface area contributed by atoms with Gasteiger partial charge in [0.05, 0.1) is 0 Å². The first-order valence-electron chi connectivity index (χ1n) is 6.18. The summed E-state index contributed by atoms with van der Waals surface area (Å²) in [6.07, 6.45) is 8.73. The van der Waals surface area contributed by atoms with Gasteiger partial charge in [0.2, 0.25) is 0 Å². The molecule has 0 fully saturated rings. The summed E-state index contributed by atoms with van der Waals surface area (Å²) in [5.41, 5.74) is 0. The van der Waals surface area contributed by atoms with Crippen molar-refractivity contribution in [2.24, 2.45) is 0 Å². The molecule has 0 amide bonds. The molecular weight excluding hydrogens is 188 g/mol. The van der Waals surface area contributed by atoms with Crippen molar-refractivity contribution in [2.45, 2.75) is 72.1 Å². The molecule has 0 aromatic rings. The highest BCUT2D eigenvalue weighted by Gasteiger charge is 1.94. The second-order valence-corrected chi connectivity index (χ2v) is 3.70. The zero-order valence-corrected chi connectivity index (χ0v) is 10.6. The Kier molecular flexibility index (Phi) is 17.6. The Bertz CT molecular complexity index is 133. The van der Waals surface area contributed by atoms with Crippen molar-refractivity contribution in [2.75, 3.05) is 0 Å². The Labute approximate surface area is 94.4 Å². The van der Waals surface area contributed by atoms with Crippen LogP contribution in [-0.4, -0.2) is 12.1 Å². The zero-order chi connectivity index (χ0) is 11.9. The number of unbranched alkanes of at least 4 members (excludes halogenated alkanes) is 3. The van der Waals surface area contributed by atoms with Gasteiger partial charge in [0.1, 0.15) is 12.1 Å². The normalized spacial score (nSPS) is 9.00. The zero-order valence-electron chi connectivity index (χ0n) is 10.6. The summed E-state index contributed by atoms with van der Waals surface area (Å²) in [5.74, 6) is 0.412. The van der Waals surface area contributed by atoms with E-state index in [-0.39, 0.29) is 0 Å². The molecule has 2 heteroatoms. The highest BCUT2D eigenvalue weighted by molar-refractivity contribution is 5.78. The largest absolute Gasteiger partial charge is 0.303 e. The maximum Gasteiger partial charge on any atom is 0.132 e. The number of hydrogen-bond donors (Lipinski definition) is 0. The minimum atomic E-state index is 0.412. The summed E-state index contributed by atoms with van der Waals surface area (Å²) < 4.78 is 0. The molecule has 0 aliphatic heterocycles. The van der Waals surface area contributed by atoms with Gasteiger partial charge in [-0.2, -0.15) is 0 Å². The second kappa shape index (κ2) is 15.8. The van der Waals surface area contributed by atoms with E-state index in [0.29, 0.717) is 5.78 Å². The van der Waals surface area contributed by atoms with Crippen LogP contribution in [0.5, 0.6) is 0 Å². The van der Waals surface area contributed by atoms with Crippen LogP contribution in [0.3, 0.4) is 0 Å². The van der Waals surface area contributed by atoms with E-state index >= 15 is 0 Å². The highest BCUT2D eigenvalue weighted by Crippen LogP contribution is 1.96. The van der Waals surface area contributed by atoms with Crippen molar-refractivity contribution in [3.8, 4) is 0 Å². The van der Waals surface area contributed by atoms with Crippen LogP contribution in [0.15, 0.2) is 0 Å². The highest BCUT2D eigenvalue weighted by atomic mass is 16.1. The first-order chi connectivity index (χ1) is 7.22. The van der Waals surface area contributed by atoms with Crippen LogP contribution in [0.25, 0.3) is 0 Å². The molecule has 0 aromatic carbocycles. The van der Waals surface area contributed by atoms with Gasteiger partial charge >= 0.3 is 0 Å². The van der Waals surface area contributed by atoms with Crippen molar-refractivity contribution >= 4 is 12.1 Å². The summed E-state index contributed by atoms with van der Waals surface area (Å²) in [6, 6.07) is 0. The van der Waals surface area contributed by atoms with Crippen LogP contribution in [0, 0.1) is 0 Å². The third-order valence-corrected chi connectivity index (χ3v) is 1.98. The van der Waals surface area contributed by atoms with Crippen molar-refractivity contribution in [1.29, 1.82) is 0 Å². The van der Waals surface area contributed by atoms with E-state index in [0.717, 1.165) is 44.8 Å². The van der Waals surface area contributed by atoms with Crippen LogP contribution in [-0.2, 0) is 9.59 Å². The van der Waals surface area contributed by atoms with E-state index in [4.69, 9.17) is 0 Å². The molecule has 0 rings (SSSR count). The lowest BCUT2D eigenvalue weighted by atomic mass is 10.1. The Balaban J connectivity index is 0. The maximum absolute atomic E-state index is 10.6. The molecule has 0 saturated carbocycles. The predicted molar refractivity (Wildman–Crippen MR) is 65.0 cm³/mol. The smallest absolute Gasteiger partial charge is 0.132 e. The van der Waals surface area contributed by atoms with Crippen LogP contribution in [0.4, 0.5) is 0 Å². The molecule has 2 nitrogen and oxygen atoms in total. The van der Waals surface area contributed by atoms with Crippen LogP contribution < -0.4 is 0 Å². The van der Waals surface area contributed by atoms with Crippen molar-refractivity contribution in [3.63, 3.8) is 0 Å². The number of rotatable bonds is 8. The van der Waals surface area contributed by atoms with Gasteiger partial charge in [-0.3, -0.25) is 4.79 Å². The number of carbonyl (C=O) groups excluding carboxylic acids is 2. The molecule has 0 atom stereocenters. The molecule has 0 unspecified atom stereocenters. The van der Waals surface area contributed by atoms with E-state index in [1.807, 2.05) is 13.8 Å². The fraction of sp³-hybridized carbons (Fsp3) is 0.846. The summed E-state index contributed by atoms with van der Waals surface area (Å²) in [7, 11) is 0. The number of aldehydes is 1. The number of carbonyl (C=O) groups is 2. The first-order valence-corrected chi connectivity index (χ1v) is 6.18. The summed E-state index contributed by atoms with van der Waals surface area (Å²) in [5, 5.41) is 0. The summed E-state index contributed by atoms with van der Waals surface area (Å²) in [4.78, 5) is 20.3. The van der Waals surface area contributed by atoms with E-state index in [2.05, 4.69) is 6.92 Å². The fourth-order valence-electron chi connectivity index (χ4n) is 1.16. The second-order valence-electron chi connectivity index (χ2n) is 3.70. The lowest BCUT2D eigenvalue weighted by Crippen LogP contribution is -1.93. The molecule has 0 radical (unpaired) electrons. The van der Waals surface area contributed by atoms with Crippen LogP contribution in [0.1, 0.15) is 72.1 Å². The van der Waals surface area contributed by atoms with Gasteiger partial charge in [-0.1, -0.05) is 33.6 Å². The van der Waals surface area contributed by atoms with E-state index in [1.54, 1.807) is 0 Å². The Morgan fingerprint density at radius 2 is 1.47 bits per heavy atom. The van der Waals surface area contributed by atoms with Gasteiger partial charge < -0.3 is 4.79 Å². The standard InChI is InChI=1S/C7H14O.C6H12O/c1-3-5-7(8)6-4-2;1-2-3-4-5-6-7/h3-6H2,1-2H3;6H,2-5H2,1H3. The molecule has 0 aromatic heterocycles. The van der Waals surface area contributed by atoms with Gasteiger partial charge in [-0.25, -0.2) is 0 Å². The van der Waals surface area contributed by atoms with Crippen LogP contribution in [0.2, 0.25) is 0 Å². The Hall–Kier alpha value is -0.660. The lowest BCUT2D eigenvalue weighted by Gasteiger charge is -1.91. The quantitative estimate of drug-likeness (QED) is 0.453. The summed E-state index contributed by atoms with van der Waals surface area (Å²) >= 11 is 0. The average Bonchev–Trinajstić information content (AvgIpc) is 2.20. The number of Topliss-reactive ketones (excluding diaryl/α,β-unsaturated/α-hetero) is 1. The summed E-state index contributed by atoms with van der Waals surface area (Å²) in [6.45, 7) is 6.20. The van der Waals surface area contributed by atoms with Gasteiger partial charge in [-0.15, -0.1) is 0 Å². The number of hydrogen-bond acceptors (Lipinski definition) is 2. The van der Waals surface area contributed by atoms with E-state index in [1.165, 1.54) is 12.8 Å². The first kappa shape index (κ1) is 16.8. The average molecular weight is 214 g/mol. The van der Waals surface area contributed by atoms with Gasteiger partial charge in [0, 0.05) is 19.3 Å². The Morgan fingerprint density at radius 3 is 1.80 bits per heavy atom. The third-order valence-electron chi connectivity index (χ3n) is 1.98. The van der Waals surface area contributed by atoms with Crippen molar-refractivity contribution in [3.05, 3.63) is 0 Å². The molecule has 15 heavy (non-hydrogen) atoms. The molecular formula is C13H26O2. The molecule has 0 aliphatic rings. The predicted octanol–water partition coefficient (Wildman–Crippen LogP) is 3.92. The molecule has 0 bridgehead atoms. The van der Waals surface area contributed by atoms with Gasteiger partial charge in [-0.05, 0) is 19.3 Å². The number of ketones is 1. The van der Waals surface area contributed by atoms with Gasteiger partial charge in [0.15, 0.2) is 0 Å². The monoisotopic (exact) mass is 214 g/mol. The Morgan fingerprint density at radius 1 is 0.933 bits per heavy atom. The third kappa shape index (κ3) is 19.7. The van der Waals surface area contributed by atoms with Crippen molar-refractivity contribution < 1.29 is 9.59 Å². The van der Waals surface area contributed by atoms with Crippen molar-refractivity contribution in [1.82, 2.24) is 0 Å². The topological polar surface area (TPSA) is 34.1 Å². The van der Waals surface area contributed by atoms with Gasteiger partial charge in [0.25, 0.3) is 0 Å². The minimum Gasteiger partial charge on any atom is -0.303 e. The maximum atomic E-state index is 10.6. The lowest BCUT2D eigenvalue weighted by molar-refractivity contribution is -0.119. The fourth-order valence-corrected chi connectivity index (χ4v) is 1.16. The molecule has 90 valence electrons. The SMILES string of the molecule is CCCC(=O)CCC.CCCCCC=O. The molecule has 0 spiro atoms. The molecule has 0 heterocycles.